The van der Waals surface area contributed by atoms with E-state index in [1.54, 1.807) is 12.1 Å². The highest BCUT2D eigenvalue weighted by Crippen LogP contribution is 2.49. The first-order chi connectivity index (χ1) is 6.74. The van der Waals surface area contributed by atoms with Crippen LogP contribution in [0.2, 0.25) is 0 Å². The molecular formula is C11H16N2O. The van der Waals surface area contributed by atoms with Crippen LogP contribution >= 0.6 is 0 Å². The fraction of sp³-hybridized carbons (Fsp3) is 0.545. The van der Waals surface area contributed by atoms with Gasteiger partial charge in [-0.15, -0.1) is 0 Å². The third kappa shape index (κ3) is 2.04. The highest BCUT2D eigenvalue weighted by Gasteiger charge is 2.41. The molecule has 0 unspecified atom stereocenters. The van der Waals surface area contributed by atoms with Gasteiger partial charge in [-0.2, -0.15) is 0 Å². The fourth-order valence-corrected chi connectivity index (χ4v) is 1.91. The van der Waals surface area contributed by atoms with Gasteiger partial charge in [-0.1, -0.05) is 0 Å². The van der Waals surface area contributed by atoms with Crippen LogP contribution in [0.3, 0.4) is 0 Å². The molecule has 0 amide bonds. The van der Waals surface area contributed by atoms with Crippen molar-refractivity contribution in [1.29, 1.82) is 0 Å². The molecule has 1 aromatic heterocycles. The summed E-state index contributed by atoms with van der Waals surface area (Å²) >= 11 is 0. The van der Waals surface area contributed by atoms with Crippen molar-refractivity contribution >= 4 is 0 Å². The zero-order valence-corrected chi connectivity index (χ0v) is 8.28. The van der Waals surface area contributed by atoms with E-state index in [0.717, 1.165) is 19.5 Å². The smallest absolute Gasteiger partial charge is 0.181 e. The van der Waals surface area contributed by atoms with Gasteiger partial charge in [-0.25, -0.2) is 0 Å². The Morgan fingerprint density at radius 2 is 2.00 bits per heavy atom. The number of pyridine rings is 1. The van der Waals surface area contributed by atoms with Gasteiger partial charge in [0.2, 0.25) is 0 Å². The summed E-state index contributed by atoms with van der Waals surface area (Å²) in [5, 5.41) is 0. The fourth-order valence-electron chi connectivity index (χ4n) is 1.91. The maximum atomic E-state index is 10.9. The lowest BCUT2D eigenvalue weighted by atomic mass is 10.0. The Kier molecular flexibility index (Phi) is 2.42. The molecule has 1 aliphatic rings. The largest absolute Gasteiger partial charge is 0.353 e. The molecule has 1 aromatic rings. The number of nitrogens with two attached hydrogens (primary N) is 1. The molecule has 1 aliphatic carbocycles. The first-order valence-corrected chi connectivity index (χ1v) is 5.10. The average Bonchev–Trinajstić information content (AvgIpc) is 2.90. The van der Waals surface area contributed by atoms with E-state index in [0.29, 0.717) is 5.41 Å². The highest BCUT2D eigenvalue weighted by atomic mass is 16.1. The molecule has 3 heteroatoms. The molecule has 0 bridgehead atoms. The summed E-state index contributed by atoms with van der Waals surface area (Å²) in [5.41, 5.74) is 6.08. The molecule has 1 heterocycles. The zero-order valence-electron chi connectivity index (χ0n) is 8.28. The summed E-state index contributed by atoms with van der Waals surface area (Å²) in [5.74, 6) is 0. The van der Waals surface area contributed by atoms with Gasteiger partial charge in [-0.3, -0.25) is 4.79 Å². The second-order valence-electron chi connectivity index (χ2n) is 4.24. The summed E-state index contributed by atoms with van der Waals surface area (Å²) < 4.78 is 2.09. The van der Waals surface area contributed by atoms with E-state index in [2.05, 4.69) is 4.57 Å². The van der Waals surface area contributed by atoms with Crippen LogP contribution in [0.1, 0.15) is 19.3 Å². The molecule has 3 nitrogen and oxygen atoms in total. The van der Waals surface area contributed by atoms with E-state index in [1.165, 1.54) is 12.8 Å². The van der Waals surface area contributed by atoms with Gasteiger partial charge in [0, 0.05) is 31.1 Å². The van der Waals surface area contributed by atoms with Gasteiger partial charge in [0.05, 0.1) is 0 Å². The Morgan fingerprint density at radius 3 is 2.50 bits per heavy atom. The molecule has 76 valence electrons. The van der Waals surface area contributed by atoms with E-state index >= 15 is 0 Å². The van der Waals surface area contributed by atoms with Gasteiger partial charge in [0.25, 0.3) is 0 Å². The minimum atomic E-state index is 0.0740. The molecule has 2 rings (SSSR count). The molecule has 14 heavy (non-hydrogen) atoms. The number of aromatic nitrogens is 1. The van der Waals surface area contributed by atoms with Crippen LogP contribution in [0, 0.1) is 5.41 Å². The summed E-state index contributed by atoms with van der Waals surface area (Å²) in [6.07, 6.45) is 7.36. The molecule has 0 spiro atoms. The third-order valence-electron chi connectivity index (χ3n) is 3.01. The van der Waals surface area contributed by atoms with Gasteiger partial charge in [-0.05, 0) is 31.2 Å². The lowest BCUT2D eigenvalue weighted by Crippen LogP contribution is -2.16. The van der Waals surface area contributed by atoms with E-state index < -0.39 is 0 Å². The molecule has 2 N–H and O–H groups in total. The number of hydrogen-bond acceptors (Lipinski definition) is 2. The lowest BCUT2D eigenvalue weighted by molar-refractivity contribution is 0.397. The normalized spacial score (nSPS) is 18.1. The van der Waals surface area contributed by atoms with Crippen LogP contribution in [-0.2, 0) is 6.54 Å². The Morgan fingerprint density at radius 1 is 1.36 bits per heavy atom. The number of hydrogen-bond donors (Lipinski definition) is 1. The van der Waals surface area contributed by atoms with Gasteiger partial charge in [0.1, 0.15) is 0 Å². The van der Waals surface area contributed by atoms with Gasteiger partial charge in [0.15, 0.2) is 5.43 Å². The van der Waals surface area contributed by atoms with Crippen molar-refractivity contribution in [3.63, 3.8) is 0 Å². The standard InChI is InChI=1S/C11H16N2O/c12-6-5-11(3-4-11)9-13-7-1-10(14)2-8-13/h1-2,7-8H,3-6,9,12H2. The predicted molar refractivity (Wildman–Crippen MR) is 56.0 cm³/mol. The monoisotopic (exact) mass is 192 g/mol. The second kappa shape index (κ2) is 3.58. The Bertz CT molecular complexity index is 345. The van der Waals surface area contributed by atoms with Crippen molar-refractivity contribution in [3.8, 4) is 0 Å². The van der Waals surface area contributed by atoms with Crippen LogP contribution in [0.4, 0.5) is 0 Å². The average molecular weight is 192 g/mol. The van der Waals surface area contributed by atoms with Crippen LogP contribution in [-0.4, -0.2) is 11.1 Å². The van der Waals surface area contributed by atoms with Crippen molar-refractivity contribution in [1.82, 2.24) is 4.57 Å². The Hall–Kier alpha value is -1.09. The SMILES string of the molecule is NCCC1(Cn2ccc(=O)cc2)CC1. The van der Waals surface area contributed by atoms with Crippen molar-refractivity contribution in [2.75, 3.05) is 6.54 Å². The first kappa shape index (κ1) is 9.46. The topological polar surface area (TPSA) is 48.0 Å². The summed E-state index contributed by atoms with van der Waals surface area (Å²) in [6.45, 7) is 1.77. The molecule has 0 atom stereocenters. The van der Waals surface area contributed by atoms with Gasteiger partial charge >= 0.3 is 0 Å². The molecule has 1 fully saturated rings. The Balaban J connectivity index is 2.04. The minimum absolute atomic E-state index is 0.0740. The molecular weight excluding hydrogens is 176 g/mol. The molecule has 1 saturated carbocycles. The summed E-state index contributed by atoms with van der Waals surface area (Å²) in [7, 11) is 0. The zero-order chi connectivity index (χ0) is 10.0. The maximum absolute atomic E-state index is 10.9. The minimum Gasteiger partial charge on any atom is -0.353 e. The van der Waals surface area contributed by atoms with Crippen molar-refractivity contribution in [3.05, 3.63) is 34.7 Å². The third-order valence-corrected chi connectivity index (χ3v) is 3.01. The molecule has 0 aliphatic heterocycles. The predicted octanol–water partition coefficient (Wildman–Crippen LogP) is 0.977. The second-order valence-corrected chi connectivity index (χ2v) is 4.24. The van der Waals surface area contributed by atoms with E-state index in [9.17, 15) is 4.79 Å². The van der Waals surface area contributed by atoms with Crippen molar-refractivity contribution in [2.24, 2.45) is 11.1 Å². The first-order valence-electron chi connectivity index (χ1n) is 5.10. The van der Waals surface area contributed by atoms with Crippen LogP contribution in [0.5, 0.6) is 0 Å². The van der Waals surface area contributed by atoms with E-state index in [1.807, 2.05) is 12.4 Å². The van der Waals surface area contributed by atoms with Crippen LogP contribution < -0.4 is 11.2 Å². The molecule has 0 radical (unpaired) electrons. The molecule has 0 aromatic carbocycles. The number of rotatable bonds is 4. The Labute approximate surface area is 83.5 Å². The summed E-state index contributed by atoms with van der Waals surface area (Å²) in [4.78, 5) is 10.9. The van der Waals surface area contributed by atoms with Crippen molar-refractivity contribution in [2.45, 2.75) is 25.8 Å². The maximum Gasteiger partial charge on any atom is 0.181 e. The van der Waals surface area contributed by atoms with E-state index in [4.69, 9.17) is 5.73 Å². The van der Waals surface area contributed by atoms with Gasteiger partial charge < -0.3 is 10.3 Å². The molecule has 0 saturated heterocycles. The number of nitrogens with zero attached hydrogens (tertiary/aromatic N) is 1. The lowest BCUT2D eigenvalue weighted by Gasteiger charge is -2.15. The van der Waals surface area contributed by atoms with Crippen LogP contribution in [0.25, 0.3) is 0 Å². The van der Waals surface area contributed by atoms with Crippen LogP contribution in [0.15, 0.2) is 29.3 Å². The summed E-state index contributed by atoms with van der Waals surface area (Å²) in [6, 6.07) is 3.22. The van der Waals surface area contributed by atoms with Crippen molar-refractivity contribution < 1.29 is 0 Å². The quantitative estimate of drug-likeness (QED) is 0.773. The highest BCUT2D eigenvalue weighted by molar-refractivity contribution is 4.98. The van der Waals surface area contributed by atoms with E-state index in [-0.39, 0.29) is 5.43 Å².